The third-order valence-corrected chi connectivity index (χ3v) is 2.99. The first-order chi connectivity index (χ1) is 6.68. The summed E-state index contributed by atoms with van der Waals surface area (Å²) in [5.74, 6) is 0.377. The van der Waals surface area contributed by atoms with E-state index < -0.39 is 0 Å². The lowest BCUT2D eigenvalue weighted by molar-refractivity contribution is 0.473. The van der Waals surface area contributed by atoms with Gasteiger partial charge in [-0.15, -0.1) is 0 Å². The van der Waals surface area contributed by atoms with E-state index in [2.05, 4.69) is 19.2 Å². The molecule has 0 spiro atoms. The van der Waals surface area contributed by atoms with Gasteiger partial charge in [0.15, 0.2) is 0 Å². The first-order valence-electron chi connectivity index (χ1n) is 5.22. The van der Waals surface area contributed by atoms with Crippen molar-refractivity contribution in [1.82, 2.24) is 5.32 Å². The maximum atomic E-state index is 9.44. The van der Waals surface area contributed by atoms with E-state index in [1.165, 1.54) is 29.5 Å². The molecule has 0 unspecified atom stereocenters. The van der Waals surface area contributed by atoms with Crippen molar-refractivity contribution in [3.8, 4) is 5.75 Å². The van der Waals surface area contributed by atoms with E-state index in [4.69, 9.17) is 0 Å². The maximum Gasteiger partial charge on any atom is 0.116 e. The Hall–Kier alpha value is -1.02. The SMILES string of the molecule is Cc1cc(O)cc(C)c1[C@H]1CCCN1. The lowest BCUT2D eigenvalue weighted by atomic mass is 9.95. The molecule has 14 heavy (non-hydrogen) atoms. The Morgan fingerprint density at radius 1 is 1.29 bits per heavy atom. The number of nitrogens with one attached hydrogen (secondary N) is 1. The Balaban J connectivity index is 2.40. The predicted octanol–water partition coefficient (Wildman–Crippen LogP) is 2.43. The molecular formula is C12H17NO. The Morgan fingerprint density at radius 2 is 1.93 bits per heavy atom. The van der Waals surface area contributed by atoms with Gasteiger partial charge < -0.3 is 10.4 Å². The molecule has 1 aliphatic heterocycles. The van der Waals surface area contributed by atoms with Gasteiger partial charge in [0, 0.05) is 6.04 Å². The van der Waals surface area contributed by atoms with Crippen LogP contribution in [0.2, 0.25) is 0 Å². The van der Waals surface area contributed by atoms with E-state index in [1.807, 2.05) is 12.1 Å². The molecule has 1 heterocycles. The van der Waals surface area contributed by atoms with Gasteiger partial charge in [0.25, 0.3) is 0 Å². The van der Waals surface area contributed by atoms with Crippen LogP contribution in [-0.2, 0) is 0 Å². The minimum absolute atomic E-state index is 0.377. The molecule has 2 rings (SSSR count). The smallest absolute Gasteiger partial charge is 0.116 e. The highest BCUT2D eigenvalue weighted by atomic mass is 16.3. The number of phenols is 1. The highest BCUT2D eigenvalue weighted by Crippen LogP contribution is 2.30. The van der Waals surface area contributed by atoms with E-state index >= 15 is 0 Å². The molecule has 1 fully saturated rings. The number of aryl methyl sites for hydroxylation is 2. The zero-order chi connectivity index (χ0) is 10.1. The van der Waals surface area contributed by atoms with Crippen molar-refractivity contribution in [3.63, 3.8) is 0 Å². The molecule has 0 aliphatic carbocycles. The first-order valence-corrected chi connectivity index (χ1v) is 5.22. The van der Waals surface area contributed by atoms with Crippen LogP contribution in [0, 0.1) is 13.8 Å². The summed E-state index contributed by atoms with van der Waals surface area (Å²) >= 11 is 0. The van der Waals surface area contributed by atoms with E-state index in [-0.39, 0.29) is 0 Å². The molecular weight excluding hydrogens is 174 g/mol. The molecule has 0 amide bonds. The van der Waals surface area contributed by atoms with Crippen molar-refractivity contribution in [2.75, 3.05) is 6.54 Å². The molecule has 1 aliphatic rings. The van der Waals surface area contributed by atoms with Crippen LogP contribution in [0.4, 0.5) is 0 Å². The zero-order valence-electron chi connectivity index (χ0n) is 8.80. The van der Waals surface area contributed by atoms with Crippen LogP contribution < -0.4 is 5.32 Å². The quantitative estimate of drug-likeness (QED) is 0.714. The lowest BCUT2D eigenvalue weighted by Gasteiger charge is -2.17. The Labute approximate surface area is 85.0 Å². The summed E-state index contributed by atoms with van der Waals surface area (Å²) in [7, 11) is 0. The van der Waals surface area contributed by atoms with Crippen LogP contribution >= 0.6 is 0 Å². The molecule has 0 radical (unpaired) electrons. The van der Waals surface area contributed by atoms with Crippen molar-refractivity contribution < 1.29 is 5.11 Å². The summed E-state index contributed by atoms with van der Waals surface area (Å²) in [5, 5.41) is 12.9. The molecule has 1 aromatic rings. The number of rotatable bonds is 1. The van der Waals surface area contributed by atoms with Crippen molar-refractivity contribution in [3.05, 3.63) is 28.8 Å². The second-order valence-electron chi connectivity index (χ2n) is 4.14. The molecule has 0 aromatic heterocycles. The average Bonchev–Trinajstić information content (AvgIpc) is 2.54. The summed E-state index contributed by atoms with van der Waals surface area (Å²) in [6.45, 7) is 5.26. The van der Waals surface area contributed by atoms with Gasteiger partial charge in [0.1, 0.15) is 5.75 Å². The summed E-state index contributed by atoms with van der Waals surface area (Å²) in [6.07, 6.45) is 2.47. The molecule has 1 atom stereocenters. The van der Waals surface area contributed by atoms with Crippen molar-refractivity contribution in [1.29, 1.82) is 0 Å². The Morgan fingerprint density at radius 3 is 2.43 bits per heavy atom. The fourth-order valence-corrected chi connectivity index (χ4v) is 2.43. The highest BCUT2D eigenvalue weighted by molar-refractivity contribution is 5.42. The topological polar surface area (TPSA) is 32.3 Å². The van der Waals surface area contributed by atoms with Gasteiger partial charge in [-0.25, -0.2) is 0 Å². The largest absolute Gasteiger partial charge is 0.508 e. The van der Waals surface area contributed by atoms with Gasteiger partial charge in [-0.1, -0.05) is 0 Å². The van der Waals surface area contributed by atoms with E-state index in [9.17, 15) is 5.11 Å². The fraction of sp³-hybridized carbons (Fsp3) is 0.500. The van der Waals surface area contributed by atoms with Crippen LogP contribution in [-0.4, -0.2) is 11.7 Å². The van der Waals surface area contributed by atoms with Crippen molar-refractivity contribution in [2.45, 2.75) is 32.7 Å². The van der Waals surface area contributed by atoms with Gasteiger partial charge in [-0.3, -0.25) is 0 Å². The molecule has 1 saturated heterocycles. The van der Waals surface area contributed by atoms with Crippen molar-refractivity contribution >= 4 is 0 Å². The molecule has 0 saturated carbocycles. The van der Waals surface area contributed by atoms with Crippen molar-refractivity contribution in [2.24, 2.45) is 0 Å². The third-order valence-electron chi connectivity index (χ3n) is 2.99. The van der Waals surface area contributed by atoms with Crippen LogP contribution in [0.1, 0.15) is 35.6 Å². The summed E-state index contributed by atoms with van der Waals surface area (Å²) in [4.78, 5) is 0. The van der Waals surface area contributed by atoms with Crippen LogP contribution in [0.3, 0.4) is 0 Å². The van der Waals surface area contributed by atoms with Crippen LogP contribution in [0.25, 0.3) is 0 Å². The second kappa shape index (κ2) is 3.62. The van der Waals surface area contributed by atoms with E-state index in [1.54, 1.807) is 0 Å². The normalized spacial score (nSPS) is 21.4. The highest BCUT2D eigenvalue weighted by Gasteiger charge is 2.19. The van der Waals surface area contributed by atoms with E-state index in [0.29, 0.717) is 11.8 Å². The van der Waals surface area contributed by atoms with Gasteiger partial charge >= 0.3 is 0 Å². The summed E-state index contributed by atoms with van der Waals surface area (Å²) in [5.41, 5.74) is 3.77. The Bertz CT molecular complexity index is 317. The predicted molar refractivity (Wildman–Crippen MR) is 57.6 cm³/mol. The first kappa shape index (κ1) is 9.53. The molecule has 76 valence electrons. The second-order valence-corrected chi connectivity index (χ2v) is 4.14. The third kappa shape index (κ3) is 1.62. The van der Waals surface area contributed by atoms with Crippen LogP contribution in [0.15, 0.2) is 12.1 Å². The number of hydrogen-bond acceptors (Lipinski definition) is 2. The van der Waals surface area contributed by atoms with Gasteiger partial charge in [-0.2, -0.15) is 0 Å². The molecule has 2 nitrogen and oxygen atoms in total. The molecule has 2 N–H and O–H groups in total. The summed E-state index contributed by atoms with van der Waals surface area (Å²) in [6, 6.07) is 4.19. The van der Waals surface area contributed by atoms with Gasteiger partial charge in [0.05, 0.1) is 0 Å². The fourth-order valence-electron chi connectivity index (χ4n) is 2.43. The van der Waals surface area contributed by atoms with Crippen LogP contribution in [0.5, 0.6) is 5.75 Å². The number of benzene rings is 1. The molecule has 1 aromatic carbocycles. The minimum Gasteiger partial charge on any atom is -0.508 e. The lowest BCUT2D eigenvalue weighted by Crippen LogP contribution is -2.15. The van der Waals surface area contributed by atoms with E-state index in [0.717, 1.165) is 6.54 Å². The maximum absolute atomic E-state index is 9.44. The number of phenolic OH excluding ortho intramolecular Hbond substituents is 1. The zero-order valence-corrected chi connectivity index (χ0v) is 8.80. The molecule has 2 heteroatoms. The standard InChI is InChI=1S/C12H17NO/c1-8-6-10(14)7-9(2)12(8)11-4-3-5-13-11/h6-7,11,13-14H,3-5H2,1-2H3/t11-/m1/s1. The monoisotopic (exact) mass is 191 g/mol. The van der Waals surface area contributed by atoms with Gasteiger partial charge in [-0.05, 0) is 62.1 Å². The average molecular weight is 191 g/mol. The number of hydrogen-bond donors (Lipinski definition) is 2. The summed E-state index contributed by atoms with van der Waals surface area (Å²) < 4.78 is 0. The molecule has 0 bridgehead atoms. The minimum atomic E-state index is 0.377. The van der Waals surface area contributed by atoms with Gasteiger partial charge in [0.2, 0.25) is 0 Å². The number of aromatic hydroxyl groups is 1. The Kier molecular flexibility index (Phi) is 2.46.